The molecule has 2 unspecified atom stereocenters. The number of ether oxygens (including phenoxy) is 1. The average Bonchev–Trinajstić information content (AvgIpc) is 3.30. The minimum absolute atomic E-state index is 0.0746. The van der Waals surface area contributed by atoms with Crippen molar-refractivity contribution in [3.8, 4) is 5.75 Å². The highest BCUT2D eigenvalue weighted by atomic mass is 35.5. The Hall–Kier alpha value is -2.41. The first-order valence-electron chi connectivity index (χ1n) is 8.83. The molecule has 2 aromatic carbocycles. The van der Waals surface area contributed by atoms with Gasteiger partial charge in [-0.05, 0) is 29.8 Å². The van der Waals surface area contributed by atoms with Gasteiger partial charge in [-0.25, -0.2) is 4.98 Å². The predicted octanol–water partition coefficient (Wildman–Crippen LogP) is 3.54. The number of halogens is 1. The lowest BCUT2D eigenvalue weighted by Gasteiger charge is -2.34. The van der Waals surface area contributed by atoms with Crippen LogP contribution < -0.4 is 4.74 Å². The molecule has 27 heavy (non-hydrogen) atoms. The fourth-order valence-electron chi connectivity index (χ4n) is 3.56. The van der Waals surface area contributed by atoms with Crippen molar-refractivity contribution in [2.24, 2.45) is 0 Å². The molecule has 1 fully saturated rings. The van der Waals surface area contributed by atoms with E-state index in [1.54, 1.807) is 12.7 Å². The SMILES string of the molecule is CN1OC(COc2ccccc2)CC1(Cn1cncn1)c1ccc(Cl)cc1. The molecule has 4 rings (SSSR count). The van der Waals surface area contributed by atoms with Gasteiger partial charge in [-0.2, -0.15) is 10.2 Å². The summed E-state index contributed by atoms with van der Waals surface area (Å²) in [5.74, 6) is 0.837. The van der Waals surface area contributed by atoms with E-state index < -0.39 is 0 Å². The highest BCUT2D eigenvalue weighted by Crippen LogP contribution is 2.41. The summed E-state index contributed by atoms with van der Waals surface area (Å²) in [6, 6.07) is 17.7. The Morgan fingerprint density at radius 3 is 2.67 bits per heavy atom. The van der Waals surface area contributed by atoms with Gasteiger partial charge in [-0.1, -0.05) is 41.9 Å². The van der Waals surface area contributed by atoms with Crippen molar-refractivity contribution >= 4 is 11.6 Å². The van der Waals surface area contributed by atoms with Gasteiger partial charge in [0.1, 0.15) is 31.1 Å². The first-order valence-corrected chi connectivity index (χ1v) is 9.20. The third-order valence-electron chi connectivity index (χ3n) is 4.93. The minimum Gasteiger partial charge on any atom is -0.491 e. The monoisotopic (exact) mass is 384 g/mol. The van der Waals surface area contributed by atoms with E-state index in [-0.39, 0.29) is 11.6 Å². The summed E-state index contributed by atoms with van der Waals surface area (Å²) in [6.07, 6.45) is 3.95. The zero-order chi connectivity index (χ0) is 18.7. The van der Waals surface area contributed by atoms with Gasteiger partial charge in [-0.3, -0.25) is 9.52 Å². The van der Waals surface area contributed by atoms with Crippen LogP contribution in [-0.2, 0) is 16.9 Å². The first kappa shape index (κ1) is 18.0. The Balaban J connectivity index is 1.57. The summed E-state index contributed by atoms with van der Waals surface area (Å²) in [6.45, 7) is 1.09. The molecule has 0 aliphatic carbocycles. The van der Waals surface area contributed by atoms with Crippen LogP contribution >= 0.6 is 11.6 Å². The highest BCUT2D eigenvalue weighted by molar-refractivity contribution is 6.30. The van der Waals surface area contributed by atoms with E-state index in [2.05, 4.69) is 10.1 Å². The predicted molar refractivity (Wildman–Crippen MR) is 102 cm³/mol. The number of rotatable bonds is 6. The third-order valence-corrected chi connectivity index (χ3v) is 5.18. The Bertz CT molecular complexity index is 857. The molecule has 1 aliphatic rings. The highest BCUT2D eigenvalue weighted by Gasteiger charge is 2.47. The summed E-state index contributed by atoms with van der Waals surface area (Å²) >= 11 is 6.10. The van der Waals surface area contributed by atoms with E-state index in [0.29, 0.717) is 18.2 Å². The van der Waals surface area contributed by atoms with Gasteiger partial charge in [0.25, 0.3) is 0 Å². The van der Waals surface area contributed by atoms with Crippen molar-refractivity contribution in [2.75, 3.05) is 13.7 Å². The fourth-order valence-corrected chi connectivity index (χ4v) is 3.69. The number of para-hydroxylation sites is 1. The van der Waals surface area contributed by atoms with Crippen LogP contribution in [0.5, 0.6) is 5.75 Å². The van der Waals surface area contributed by atoms with Crippen molar-refractivity contribution in [3.63, 3.8) is 0 Å². The van der Waals surface area contributed by atoms with Gasteiger partial charge in [0.2, 0.25) is 0 Å². The van der Waals surface area contributed by atoms with E-state index in [0.717, 1.165) is 17.7 Å². The molecule has 0 radical (unpaired) electrons. The molecule has 2 heterocycles. The van der Waals surface area contributed by atoms with E-state index >= 15 is 0 Å². The van der Waals surface area contributed by atoms with Crippen LogP contribution in [0.2, 0.25) is 5.02 Å². The standard InChI is InChI=1S/C20H21ClN4O2/c1-24-20(13-25-15-22-14-23-25,16-7-9-17(21)10-8-16)11-19(27-24)12-26-18-5-3-2-4-6-18/h2-10,14-15,19H,11-13H2,1H3. The molecule has 0 N–H and O–H groups in total. The summed E-state index contributed by atoms with van der Waals surface area (Å²) in [4.78, 5) is 10.2. The molecule has 3 aromatic rings. The average molecular weight is 385 g/mol. The van der Waals surface area contributed by atoms with Crippen molar-refractivity contribution in [1.29, 1.82) is 0 Å². The van der Waals surface area contributed by atoms with Crippen LogP contribution in [0.4, 0.5) is 0 Å². The van der Waals surface area contributed by atoms with Crippen molar-refractivity contribution in [3.05, 3.63) is 77.8 Å². The van der Waals surface area contributed by atoms with Crippen LogP contribution in [0.3, 0.4) is 0 Å². The molecule has 140 valence electrons. The Labute approximate surface area is 163 Å². The zero-order valence-electron chi connectivity index (χ0n) is 15.0. The van der Waals surface area contributed by atoms with Crippen LogP contribution in [0.25, 0.3) is 0 Å². The zero-order valence-corrected chi connectivity index (χ0v) is 15.8. The number of aromatic nitrogens is 3. The maximum atomic E-state index is 6.15. The molecule has 7 heteroatoms. The van der Waals surface area contributed by atoms with Crippen molar-refractivity contribution in [2.45, 2.75) is 24.6 Å². The van der Waals surface area contributed by atoms with Crippen molar-refractivity contribution < 1.29 is 9.57 Å². The van der Waals surface area contributed by atoms with Crippen LogP contribution in [0.15, 0.2) is 67.3 Å². The Morgan fingerprint density at radius 2 is 1.96 bits per heavy atom. The van der Waals surface area contributed by atoms with Gasteiger partial charge in [0.05, 0.1) is 12.1 Å². The van der Waals surface area contributed by atoms with Gasteiger partial charge in [0.15, 0.2) is 0 Å². The number of likely N-dealkylation sites (N-methyl/N-ethyl adjacent to an activating group) is 1. The molecule has 1 aliphatic heterocycles. The number of hydroxylamine groups is 2. The smallest absolute Gasteiger partial charge is 0.137 e. The van der Waals surface area contributed by atoms with Crippen molar-refractivity contribution in [1.82, 2.24) is 19.8 Å². The normalized spacial score (nSPS) is 22.8. The molecule has 2 atom stereocenters. The summed E-state index contributed by atoms with van der Waals surface area (Å²) in [7, 11) is 1.95. The third kappa shape index (κ3) is 3.83. The molecule has 0 bridgehead atoms. The molecular weight excluding hydrogens is 364 g/mol. The van der Waals surface area contributed by atoms with E-state index in [9.17, 15) is 0 Å². The Morgan fingerprint density at radius 1 is 1.19 bits per heavy atom. The second kappa shape index (κ2) is 7.68. The van der Waals surface area contributed by atoms with E-state index in [1.165, 1.54) is 0 Å². The molecule has 0 spiro atoms. The second-order valence-electron chi connectivity index (χ2n) is 6.68. The van der Waals surface area contributed by atoms with Gasteiger partial charge in [-0.15, -0.1) is 0 Å². The molecule has 6 nitrogen and oxygen atoms in total. The number of benzene rings is 2. The van der Waals surface area contributed by atoms with Crippen LogP contribution in [-0.4, -0.2) is 39.6 Å². The van der Waals surface area contributed by atoms with E-state index in [4.69, 9.17) is 21.2 Å². The fraction of sp³-hybridized carbons (Fsp3) is 0.300. The largest absolute Gasteiger partial charge is 0.491 e. The lowest BCUT2D eigenvalue weighted by Crippen LogP contribution is -2.42. The lowest BCUT2D eigenvalue weighted by molar-refractivity contribution is -0.180. The quantitative estimate of drug-likeness (QED) is 0.650. The molecule has 0 amide bonds. The lowest BCUT2D eigenvalue weighted by atomic mass is 9.85. The second-order valence-corrected chi connectivity index (χ2v) is 7.12. The summed E-state index contributed by atoms with van der Waals surface area (Å²) in [5, 5.41) is 6.91. The molecule has 1 aromatic heterocycles. The first-order chi connectivity index (χ1) is 13.2. The van der Waals surface area contributed by atoms with Gasteiger partial charge >= 0.3 is 0 Å². The maximum Gasteiger partial charge on any atom is 0.137 e. The van der Waals surface area contributed by atoms with Crippen LogP contribution in [0.1, 0.15) is 12.0 Å². The number of nitrogens with zero attached hydrogens (tertiary/aromatic N) is 4. The number of hydrogen-bond donors (Lipinski definition) is 0. The summed E-state index contributed by atoms with van der Waals surface area (Å²) in [5.41, 5.74) is 0.732. The molecule has 0 saturated carbocycles. The molecular formula is C20H21ClN4O2. The van der Waals surface area contributed by atoms with Gasteiger partial charge in [0, 0.05) is 18.5 Å². The summed E-state index contributed by atoms with van der Waals surface area (Å²) < 4.78 is 7.74. The van der Waals surface area contributed by atoms with Crippen LogP contribution in [0, 0.1) is 0 Å². The minimum atomic E-state index is -0.386. The topological polar surface area (TPSA) is 52.4 Å². The maximum absolute atomic E-state index is 6.15. The molecule has 1 saturated heterocycles. The number of hydrogen-bond acceptors (Lipinski definition) is 5. The Kier molecular flexibility index (Phi) is 5.11. The van der Waals surface area contributed by atoms with E-state index in [1.807, 2.05) is 71.4 Å². The van der Waals surface area contributed by atoms with Gasteiger partial charge < -0.3 is 4.74 Å².